The number of thioether (sulfide) groups is 1. The van der Waals surface area contributed by atoms with Gasteiger partial charge in [-0.05, 0) is 42.8 Å². The van der Waals surface area contributed by atoms with Crippen LogP contribution in [0.2, 0.25) is 5.02 Å². The molecule has 1 amide bonds. The first-order valence-electron chi connectivity index (χ1n) is 9.50. The van der Waals surface area contributed by atoms with Crippen molar-refractivity contribution >= 4 is 35.0 Å². The van der Waals surface area contributed by atoms with Gasteiger partial charge in [0.05, 0.1) is 11.4 Å². The summed E-state index contributed by atoms with van der Waals surface area (Å²) < 4.78 is 0. The van der Waals surface area contributed by atoms with Gasteiger partial charge in [0.15, 0.2) is 5.69 Å². The molecule has 2 heterocycles. The number of hydrogen-bond acceptors (Lipinski definition) is 5. The molecule has 1 aromatic heterocycles. The summed E-state index contributed by atoms with van der Waals surface area (Å²) in [5, 5.41) is 12.2. The fourth-order valence-electron chi connectivity index (χ4n) is 3.22. The summed E-state index contributed by atoms with van der Waals surface area (Å²) in [6.07, 6.45) is 0. The van der Waals surface area contributed by atoms with E-state index in [9.17, 15) is 4.79 Å². The Morgan fingerprint density at radius 3 is 2.59 bits per heavy atom. The number of aromatic nitrogens is 3. The van der Waals surface area contributed by atoms with Crippen molar-refractivity contribution in [2.45, 2.75) is 13.5 Å². The molecular formula is C21H22ClN5OS. The van der Waals surface area contributed by atoms with Crippen LogP contribution in [0.4, 0.5) is 5.69 Å². The van der Waals surface area contributed by atoms with Crippen LogP contribution >= 0.6 is 23.4 Å². The predicted molar refractivity (Wildman–Crippen MR) is 118 cm³/mol. The first-order chi connectivity index (χ1) is 14.1. The lowest BCUT2D eigenvalue weighted by Crippen LogP contribution is -2.32. The van der Waals surface area contributed by atoms with E-state index in [1.54, 1.807) is 19.1 Å². The van der Waals surface area contributed by atoms with Crippen molar-refractivity contribution in [2.75, 3.05) is 29.5 Å². The number of carbonyl (C=O) groups is 1. The Kier molecular flexibility index (Phi) is 6.06. The van der Waals surface area contributed by atoms with E-state index in [2.05, 4.69) is 44.7 Å². The van der Waals surface area contributed by atoms with Gasteiger partial charge in [-0.15, -0.1) is 5.10 Å². The topological polar surface area (TPSA) is 63.1 Å². The summed E-state index contributed by atoms with van der Waals surface area (Å²) >= 11 is 8.03. The van der Waals surface area contributed by atoms with Gasteiger partial charge in [0.2, 0.25) is 0 Å². The number of amides is 1. The van der Waals surface area contributed by atoms with E-state index in [-0.39, 0.29) is 5.91 Å². The molecule has 2 aromatic carbocycles. The van der Waals surface area contributed by atoms with Crippen molar-refractivity contribution in [3.05, 3.63) is 70.5 Å². The largest absolute Gasteiger partial charge is 0.370 e. The molecule has 8 heteroatoms. The van der Waals surface area contributed by atoms with Gasteiger partial charge < -0.3 is 10.2 Å². The molecular weight excluding hydrogens is 406 g/mol. The van der Waals surface area contributed by atoms with Gasteiger partial charge >= 0.3 is 0 Å². The number of rotatable bonds is 5. The van der Waals surface area contributed by atoms with Gasteiger partial charge in [-0.2, -0.15) is 21.7 Å². The third-order valence-electron chi connectivity index (χ3n) is 4.80. The van der Waals surface area contributed by atoms with Crippen LogP contribution in [0.25, 0.3) is 5.69 Å². The zero-order valence-corrected chi connectivity index (χ0v) is 17.7. The summed E-state index contributed by atoms with van der Waals surface area (Å²) in [5.74, 6) is 2.10. The quantitative estimate of drug-likeness (QED) is 0.672. The van der Waals surface area contributed by atoms with Crippen LogP contribution in [0, 0.1) is 6.92 Å². The second kappa shape index (κ2) is 8.88. The molecule has 0 radical (unpaired) electrons. The van der Waals surface area contributed by atoms with E-state index >= 15 is 0 Å². The molecule has 0 unspecified atom stereocenters. The lowest BCUT2D eigenvalue weighted by molar-refractivity contribution is 0.0945. The average Bonchev–Trinajstić information content (AvgIpc) is 3.15. The van der Waals surface area contributed by atoms with Crippen LogP contribution in [-0.2, 0) is 6.54 Å². The van der Waals surface area contributed by atoms with E-state index in [1.165, 1.54) is 22.0 Å². The zero-order valence-electron chi connectivity index (χ0n) is 16.1. The van der Waals surface area contributed by atoms with Crippen molar-refractivity contribution in [3.8, 4) is 5.69 Å². The van der Waals surface area contributed by atoms with Gasteiger partial charge in [0.1, 0.15) is 0 Å². The Labute approximate surface area is 179 Å². The van der Waals surface area contributed by atoms with Crippen molar-refractivity contribution in [1.82, 2.24) is 20.3 Å². The number of hydrogen-bond donors (Lipinski definition) is 1. The molecule has 29 heavy (non-hydrogen) atoms. The monoisotopic (exact) mass is 427 g/mol. The number of nitrogens with zero attached hydrogens (tertiary/aromatic N) is 4. The summed E-state index contributed by atoms with van der Waals surface area (Å²) in [5.41, 5.74) is 3.88. The standard InChI is InChI=1S/C21H22ClN5OS/c1-15-20(25-27(24-15)19-4-2-3-17(22)13-19)21(28)23-14-16-5-7-18(8-6-16)26-9-11-29-12-10-26/h2-8,13H,9-12,14H2,1H3,(H,23,28). The molecule has 1 saturated heterocycles. The highest BCUT2D eigenvalue weighted by molar-refractivity contribution is 7.99. The Balaban J connectivity index is 1.39. The minimum Gasteiger partial charge on any atom is -0.370 e. The molecule has 1 aliphatic heterocycles. The maximum atomic E-state index is 12.6. The SMILES string of the molecule is Cc1nn(-c2cccc(Cl)c2)nc1C(=O)NCc1ccc(N2CCSCC2)cc1. The smallest absolute Gasteiger partial charge is 0.274 e. The summed E-state index contributed by atoms with van der Waals surface area (Å²) in [6, 6.07) is 15.6. The average molecular weight is 428 g/mol. The van der Waals surface area contributed by atoms with Crippen LogP contribution in [-0.4, -0.2) is 45.5 Å². The molecule has 1 N–H and O–H groups in total. The minimum atomic E-state index is -0.243. The third kappa shape index (κ3) is 4.74. The summed E-state index contributed by atoms with van der Waals surface area (Å²) in [6.45, 7) is 4.39. The normalized spacial score (nSPS) is 14.1. The van der Waals surface area contributed by atoms with Gasteiger partial charge in [-0.1, -0.05) is 29.8 Å². The van der Waals surface area contributed by atoms with Crippen LogP contribution in [0.1, 0.15) is 21.7 Å². The van der Waals surface area contributed by atoms with Crippen LogP contribution in [0.5, 0.6) is 0 Å². The maximum absolute atomic E-state index is 12.6. The second-order valence-electron chi connectivity index (χ2n) is 6.85. The van der Waals surface area contributed by atoms with Crippen LogP contribution in [0.3, 0.4) is 0 Å². The van der Waals surface area contributed by atoms with Gasteiger partial charge in [-0.25, -0.2) is 0 Å². The molecule has 4 rings (SSSR count). The lowest BCUT2D eigenvalue weighted by atomic mass is 10.2. The fraction of sp³-hybridized carbons (Fsp3) is 0.286. The van der Waals surface area contributed by atoms with E-state index in [0.29, 0.717) is 28.6 Å². The highest BCUT2D eigenvalue weighted by atomic mass is 35.5. The lowest BCUT2D eigenvalue weighted by Gasteiger charge is -2.28. The van der Waals surface area contributed by atoms with Gasteiger partial charge in [-0.3, -0.25) is 4.79 Å². The molecule has 1 fully saturated rings. The minimum absolute atomic E-state index is 0.243. The number of carbonyl (C=O) groups excluding carboxylic acids is 1. The molecule has 1 aliphatic rings. The van der Waals surface area contributed by atoms with Crippen molar-refractivity contribution in [1.29, 1.82) is 0 Å². The molecule has 0 saturated carbocycles. The summed E-state index contributed by atoms with van der Waals surface area (Å²) in [4.78, 5) is 16.4. The molecule has 0 spiro atoms. The van der Waals surface area contributed by atoms with Crippen molar-refractivity contribution in [3.63, 3.8) is 0 Å². The molecule has 3 aromatic rings. The highest BCUT2D eigenvalue weighted by Gasteiger charge is 2.16. The highest BCUT2D eigenvalue weighted by Crippen LogP contribution is 2.20. The van der Waals surface area contributed by atoms with Crippen molar-refractivity contribution in [2.24, 2.45) is 0 Å². The predicted octanol–water partition coefficient (Wildman–Crippen LogP) is 3.71. The Bertz CT molecular complexity index is 999. The number of anilines is 1. The second-order valence-corrected chi connectivity index (χ2v) is 8.51. The Morgan fingerprint density at radius 1 is 1.10 bits per heavy atom. The molecule has 0 atom stereocenters. The molecule has 150 valence electrons. The van der Waals surface area contributed by atoms with Crippen molar-refractivity contribution < 1.29 is 4.79 Å². The zero-order chi connectivity index (χ0) is 20.2. The number of benzene rings is 2. The van der Waals surface area contributed by atoms with Crippen LogP contribution < -0.4 is 10.2 Å². The Hall–Kier alpha value is -2.51. The van der Waals surface area contributed by atoms with E-state index in [4.69, 9.17) is 11.6 Å². The van der Waals surface area contributed by atoms with E-state index in [0.717, 1.165) is 18.7 Å². The number of aryl methyl sites for hydroxylation is 1. The maximum Gasteiger partial charge on any atom is 0.274 e. The first kappa shape index (κ1) is 19.8. The van der Waals surface area contributed by atoms with E-state index in [1.807, 2.05) is 23.9 Å². The number of halogens is 1. The van der Waals surface area contributed by atoms with Gasteiger partial charge in [0, 0.05) is 41.8 Å². The summed E-state index contributed by atoms with van der Waals surface area (Å²) in [7, 11) is 0. The molecule has 0 bridgehead atoms. The van der Waals surface area contributed by atoms with Crippen LogP contribution in [0.15, 0.2) is 48.5 Å². The fourth-order valence-corrected chi connectivity index (χ4v) is 4.30. The first-order valence-corrected chi connectivity index (χ1v) is 11.0. The van der Waals surface area contributed by atoms with E-state index < -0.39 is 0 Å². The molecule has 0 aliphatic carbocycles. The molecule has 6 nitrogen and oxygen atoms in total. The Morgan fingerprint density at radius 2 is 1.86 bits per heavy atom. The number of nitrogens with one attached hydrogen (secondary N) is 1. The third-order valence-corrected chi connectivity index (χ3v) is 5.98. The van der Waals surface area contributed by atoms with Gasteiger partial charge in [0.25, 0.3) is 5.91 Å².